The zero-order chi connectivity index (χ0) is 14.7. The maximum Gasteiger partial charge on any atom is 0.242 e. The Morgan fingerprint density at radius 2 is 2.40 bits per heavy atom. The van der Waals surface area contributed by atoms with E-state index in [1.54, 1.807) is 7.11 Å². The molecule has 0 saturated heterocycles. The van der Waals surface area contributed by atoms with Gasteiger partial charge in [0, 0.05) is 30.6 Å². The average molecular weight is 280 g/mol. The van der Waals surface area contributed by atoms with Crippen LogP contribution in [0.15, 0.2) is 6.07 Å². The molecule has 1 aliphatic carbocycles. The number of fused-ring (bicyclic) bond motifs is 1. The molecule has 1 aliphatic rings. The topological polar surface area (TPSA) is 63.5 Å². The first-order valence-corrected chi connectivity index (χ1v) is 7.21. The van der Waals surface area contributed by atoms with Crippen molar-refractivity contribution >= 4 is 5.91 Å². The number of methoxy groups -OCH3 is 1. The number of hydrogen-bond acceptors (Lipinski definition) is 3. The Morgan fingerprint density at radius 3 is 3.10 bits per heavy atom. The molecule has 2 N–H and O–H groups in total. The van der Waals surface area contributed by atoms with Gasteiger partial charge < -0.3 is 19.7 Å². The smallest absolute Gasteiger partial charge is 0.242 e. The molecule has 2 rings (SSSR count). The minimum absolute atomic E-state index is 0.0105. The van der Waals surface area contributed by atoms with Crippen molar-refractivity contribution in [2.24, 2.45) is 0 Å². The highest BCUT2D eigenvalue weighted by Crippen LogP contribution is 2.33. The van der Waals surface area contributed by atoms with Crippen molar-refractivity contribution in [2.75, 3.05) is 20.3 Å². The molecule has 0 aliphatic heterocycles. The fraction of sp³-hybridized carbons (Fsp3) is 0.667. The van der Waals surface area contributed by atoms with Gasteiger partial charge >= 0.3 is 0 Å². The van der Waals surface area contributed by atoms with Gasteiger partial charge in [-0.3, -0.25) is 4.79 Å². The van der Waals surface area contributed by atoms with Gasteiger partial charge in [0.15, 0.2) is 0 Å². The predicted octanol–water partition coefficient (Wildman–Crippen LogP) is 1.49. The van der Waals surface area contributed by atoms with E-state index in [-0.39, 0.29) is 18.1 Å². The van der Waals surface area contributed by atoms with Crippen LogP contribution in [0.5, 0.6) is 0 Å². The van der Waals surface area contributed by atoms with E-state index in [0.717, 1.165) is 36.2 Å². The second-order valence-corrected chi connectivity index (χ2v) is 5.43. The van der Waals surface area contributed by atoms with E-state index < -0.39 is 0 Å². The van der Waals surface area contributed by atoms with Crippen molar-refractivity contribution in [3.8, 4) is 0 Å². The molecule has 1 heterocycles. The zero-order valence-corrected chi connectivity index (χ0v) is 12.5. The van der Waals surface area contributed by atoms with Crippen molar-refractivity contribution in [1.82, 2.24) is 9.88 Å². The van der Waals surface area contributed by atoms with Gasteiger partial charge in [0.25, 0.3) is 0 Å². The molecule has 0 fully saturated rings. The van der Waals surface area contributed by atoms with Crippen LogP contribution in [0.2, 0.25) is 0 Å². The number of aromatic nitrogens is 1. The first-order chi connectivity index (χ1) is 9.56. The molecule has 0 bridgehead atoms. The Labute approximate surface area is 119 Å². The Morgan fingerprint density at radius 1 is 1.65 bits per heavy atom. The van der Waals surface area contributed by atoms with Crippen molar-refractivity contribution < 1.29 is 14.6 Å². The standard InChI is InChI=1S/C15H24N2O3/c1-10-9-12-13(5-4-6-14(12)18)17(10)11(2)15(19)16-7-8-20-3/h9,11,14,18H,4-8H2,1-3H3,(H,16,19). The molecule has 112 valence electrons. The number of carbonyl (C=O) groups is 1. The average Bonchev–Trinajstić information content (AvgIpc) is 2.76. The molecule has 0 aromatic carbocycles. The maximum absolute atomic E-state index is 12.2. The monoisotopic (exact) mass is 280 g/mol. The second-order valence-electron chi connectivity index (χ2n) is 5.43. The zero-order valence-electron chi connectivity index (χ0n) is 12.5. The van der Waals surface area contributed by atoms with Gasteiger partial charge in [-0.2, -0.15) is 0 Å². The molecule has 2 unspecified atom stereocenters. The van der Waals surface area contributed by atoms with Crippen LogP contribution in [0.1, 0.15) is 48.9 Å². The molecule has 2 atom stereocenters. The molecule has 1 aromatic rings. The summed E-state index contributed by atoms with van der Waals surface area (Å²) in [6.07, 6.45) is 2.32. The molecule has 1 amide bonds. The number of nitrogens with zero attached hydrogens (tertiary/aromatic N) is 1. The Kier molecular flexibility index (Phi) is 4.83. The summed E-state index contributed by atoms with van der Waals surface area (Å²) in [6, 6.07) is 1.75. The van der Waals surface area contributed by atoms with Gasteiger partial charge in [0.1, 0.15) is 6.04 Å². The number of aliphatic hydroxyl groups is 1. The van der Waals surface area contributed by atoms with Crippen LogP contribution < -0.4 is 5.32 Å². The summed E-state index contributed by atoms with van der Waals surface area (Å²) in [6.45, 7) is 4.92. The van der Waals surface area contributed by atoms with E-state index in [4.69, 9.17) is 4.74 Å². The third-order valence-electron chi connectivity index (χ3n) is 3.99. The number of amides is 1. The molecule has 1 aromatic heterocycles. The van der Waals surface area contributed by atoms with Gasteiger partial charge in [-0.05, 0) is 39.2 Å². The van der Waals surface area contributed by atoms with Crippen LogP contribution in [-0.2, 0) is 16.0 Å². The van der Waals surface area contributed by atoms with Crippen LogP contribution in [-0.4, -0.2) is 35.8 Å². The van der Waals surface area contributed by atoms with Crippen LogP contribution in [0, 0.1) is 6.92 Å². The molecule has 0 saturated carbocycles. The highest BCUT2D eigenvalue weighted by molar-refractivity contribution is 5.80. The van der Waals surface area contributed by atoms with Gasteiger partial charge in [-0.15, -0.1) is 0 Å². The lowest BCUT2D eigenvalue weighted by atomic mass is 9.95. The summed E-state index contributed by atoms with van der Waals surface area (Å²) in [5.74, 6) is -0.0105. The summed E-state index contributed by atoms with van der Waals surface area (Å²) >= 11 is 0. The minimum Gasteiger partial charge on any atom is -0.388 e. The quantitative estimate of drug-likeness (QED) is 0.803. The second kappa shape index (κ2) is 6.41. The number of nitrogens with one attached hydrogen (secondary N) is 1. The fourth-order valence-corrected chi connectivity index (χ4v) is 2.98. The number of hydrogen-bond donors (Lipinski definition) is 2. The van der Waals surface area contributed by atoms with Crippen molar-refractivity contribution in [2.45, 2.75) is 45.3 Å². The Hall–Kier alpha value is -1.33. The molecule has 0 spiro atoms. The third kappa shape index (κ3) is 2.88. The largest absolute Gasteiger partial charge is 0.388 e. The van der Waals surface area contributed by atoms with Crippen molar-refractivity contribution in [3.05, 3.63) is 23.0 Å². The van der Waals surface area contributed by atoms with E-state index >= 15 is 0 Å². The summed E-state index contributed by atoms with van der Waals surface area (Å²) < 4.78 is 6.99. The number of rotatable bonds is 5. The lowest BCUT2D eigenvalue weighted by molar-refractivity contribution is -0.124. The van der Waals surface area contributed by atoms with Gasteiger partial charge in [-0.1, -0.05) is 0 Å². The van der Waals surface area contributed by atoms with Gasteiger partial charge in [-0.25, -0.2) is 0 Å². The number of ether oxygens (including phenoxy) is 1. The van der Waals surface area contributed by atoms with E-state index in [1.165, 1.54) is 0 Å². The number of carbonyl (C=O) groups excluding carboxylic acids is 1. The normalized spacial score (nSPS) is 19.5. The van der Waals surface area contributed by atoms with Crippen LogP contribution in [0.25, 0.3) is 0 Å². The summed E-state index contributed by atoms with van der Waals surface area (Å²) in [7, 11) is 1.61. The van der Waals surface area contributed by atoms with Crippen molar-refractivity contribution in [1.29, 1.82) is 0 Å². The molecule has 0 radical (unpaired) electrons. The van der Waals surface area contributed by atoms with Crippen LogP contribution in [0.4, 0.5) is 0 Å². The lowest BCUT2D eigenvalue weighted by Gasteiger charge is -2.23. The summed E-state index contributed by atoms with van der Waals surface area (Å²) in [5, 5.41) is 12.9. The van der Waals surface area contributed by atoms with Crippen molar-refractivity contribution in [3.63, 3.8) is 0 Å². The molecular formula is C15H24N2O3. The lowest BCUT2D eigenvalue weighted by Crippen LogP contribution is -2.34. The van der Waals surface area contributed by atoms with E-state index in [1.807, 2.05) is 19.9 Å². The maximum atomic E-state index is 12.2. The SMILES string of the molecule is COCCNC(=O)C(C)n1c(C)cc2c1CCCC2O. The Balaban J connectivity index is 2.17. The van der Waals surface area contributed by atoms with Gasteiger partial charge in [0.05, 0.1) is 12.7 Å². The number of aliphatic hydroxyl groups excluding tert-OH is 1. The highest BCUT2D eigenvalue weighted by atomic mass is 16.5. The van der Waals surface area contributed by atoms with E-state index in [2.05, 4.69) is 9.88 Å². The van der Waals surface area contributed by atoms with Gasteiger partial charge in [0.2, 0.25) is 5.91 Å². The van der Waals surface area contributed by atoms with E-state index in [0.29, 0.717) is 13.2 Å². The van der Waals surface area contributed by atoms with Crippen LogP contribution >= 0.6 is 0 Å². The highest BCUT2D eigenvalue weighted by Gasteiger charge is 2.27. The summed E-state index contributed by atoms with van der Waals surface area (Å²) in [5.41, 5.74) is 3.13. The molecule has 5 heteroatoms. The molecular weight excluding hydrogens is 256 g/mol. The van der Waals surface area contributed by atoms with Crippen LogP contribution in [0.3, 0.4) is 0 Å². The molecule has 20 heavy (non-hydrogen) atoms. The fourth-order valence-electron chi connectivity index (χ4n) is 2.98. The first kappa shape index (κ1) is 15.1. The summed E-state index contributed by atoms with van der Waals surface area (Å²) in [4.78, 5) is 12.2. The van der Waals surface area contributed by atoms with E-state index in [9.17, 15) is 9.90 Å². The Bertz CT molecular complexity index is 482. The minimum atomic E-state index is -0.387. The number of aryl methyl sites for hydroxylation is 1. The predicted molar refractivity (Wildman–Crippen MR) is 76.7 cm³/mol. The third-order valence-corrected chi connectivity index (χ3v) is 3.99. The molecule has 5 nitrogen and oxygen atoms in total. The first-order valence-electron chi connectivity index (χ1n) is 7.21.